The predicted molar refractivity (Wildman–Crippen MR) is 118 cm³/mol. The highest BCUT2D eigenvalue weighted by atomic mass is 32.1. The molecular weight excluding hydrogens is 384 g/mol. The third-order valence-electron chi connectivity index (χ3n) is 6.87. The third kappa shape index (κ3) is 4.26. The zero-order chi connectivity index (χ0) is 20.5. The van der Waals surface area contributed by atoms with Gasteiger partial charge in [-0.25, -0.2) is 4.98 Å². The van der Waals surface area contributed by atoms with E-state index in [2.05, 4.69) is 16.8 Å². The van der Waals surface area contributed by atoms with Crippen molar-refractivity contribution < 1.29 is 4.79 Å². The largest absolute Gasteiger partial charge is 0.343 e. The van der Waals surface area contributed by atoms with Crippen molar-refractivity contribution in [2.45, 2.75) is 65.5 Å². The van der Waals surface area contributed by atoms with Gasteiger partial charge in [0.05, 0.1) is 11.7 Å². The Labute approximate surface area is 176 Å². The van der Waals surface area contributed by atoms with Crippen LogP contribution in [-0.2, 0) is 11.3 Å². The SMILES string of the molecule is Cc1sc2ncn(CCC(=O)N3CCC(N4CCC(C)CC4)CC3)c(=O)c2c1C. The van der Waals surface area contributed by atoms with E-state index in [1.54, 1.807) is 22.2 Å². The number of piperidine rings is 2. The van der Waals surface area contributed by atoms with Crippen LogP contribution < -0.4 is 5.56 Å². The van der Waals surface area contributed by atoms with Crippen LogP contribution in [0.4, 0.5) is 0 Å². The van der Waals surface area contributed by atoms with Crippen LogP contribution in [0.15, 0.2) is 11.1 Å². The Morgan fingerprint density at radius 3 is 2.52 bits per heavy atom. The molecule has 29 heavy (non-hydrogen) atoms. The van der Waals surface area contributed by atoms with Gasteiger partial charge in [0.15, 0.2) is 0 Å². The smallest absolute Gasteiger partial charge is 0.262 e. The van der Waals surface area contributed by atoms with Gasteiger partial charge < -0.3 is 9.80 Å². The molecule has 0 atom stereocenters. The molecule has 0 bridgehead atoms. The second-order valence-electron chi connectivity index (χ2n) is 8.79. The number of rotatable bonds is 4. The van der Waals surface area contributed by atoms with E-state index in [0.717, 1.165) is 47.1 Å². The monoisotopic (exact) mass is 416 g/mol. The lowest BCUT2D eigenvalue weighted by Gasteiger charge is -2.41. The Kier molecular flexibility index (Phi) is 6.06. The van der Waals surface area contributed by atoms with Gasteiger partial charge in [0, 0.05) is 37.0 Å². The Bertz CT molecular complexity index is 934. The molecule has 2 fully saturated rings. The fourth-order valence-corrected chi connectivity index (χ4v) is 5.67. The molecule has 2 aromatic heterocycles. The molecule has 0 radical (unpaired) electrons. The number of aromatic nitrogens is 2. The number of hydrogen-bond acceptors (Lipinski definition) is 5. The highest BCUT2D eigenvalue weighted by Crippen LogP contribution is 2.26. The molecule has 6 nitrogen and oxygen atoms in total. The van der Waals surface area contributed by atoms with Gasteiger partial charge in [-0.2, -0.15) is 0 Å². The molecule has 0 aromatic carbocycles. The fraction of sp³-hybridized carbons (Fsp3) is 0.682. The van der Waals surface area contributed by atoms with Crippen molar-refractivity contribution in [3.05, 3.63) is 27.1 Å². The first-order chi connectivity index (χ1) is 13.9. The number of amides is 1. The Balaban J connectivity index is 1.32. The average Bonchev–Trinajstić information content (AvgIpc) is 3.02. The molecule has 2 aliphatic heterocycles. The van der Waals surface area contributed by atoms with Crippen LogP contribution in [0.1, 0.15) is 49.5 Å². The van der Waals surface area contributed by atoms with Crippen molar-refractivity contribution in [3.63, 3.8) is 0 Å². The summed E-state index contributed by atoms with van der Waals surface area (Å²) in [4.78, 5) is 36.5. The minimum Gasteiger partial charge on any atom is -0.343 e. The number of likely N-dealkylation sites (tertiary alicyclic amines) is 2. The summed E-state index contributed by atoms with van der Waals surface area (Å²) in [5.41, 5.74) is 0.986. The van der Waals surface area contributed by atoms with Gasteiger partial charge in [-0.3, -0.25) is 14.2 Å². The lowest BCUT2D eigenvalue weighted by molar-refractivity contribution is -0.133. The number of fused-ring (bicyclic) bond motifs is 1. The maximum absolute atomic E-state index is 12.8. The molecule has 158 valence electrons. The Morgan fingerprint density at radius 1 is 1.14 bits per heavy atom. The van der Waals surface area contributed by atoms with Gasteiger partial charge in [-0.1, -0.05) is 6.92 Å². The molecule has 0 spiro atoms. The average molecular weight is 417 g/mol. The number of carbonyl (C=O) groups excluding carboxylic acids is 1. The second-order valence-corrected chi connectivity index (χ2v) is 9.99. The predicted octanol–water partition coefficient (Wildman–Crippen LogP) is 3.19. The van der Waals surface area contributed by atoms with E-state index in [1.165, 1.54) is 25.9 Å². The van der Waals surface area contributed by atoms with E-state index in [9.17, 15) is 9.59 Å². The third-order valence-corrected chi connectivity index (χ3v) is 7.99. The zero-order valence-corrected chi connectivity index (χ0v) is 18.6. The van der Waals surface area contributed by atoms with Crippen LogP contribution in [0.3, 0.4) is 0 Å². The maximum atomic E-state index is 12.8. The minimum atomic E-state index is -0.0253. The summed E-state index contributed by atoms with van der Waals surface area (Å²) in [6.07, 6.45) is 6.70. The van der Waals surface area contributed by atoms with Crippen LogP contribution in [-0.4, -0.2) is 57.5 Å². The van der Waals surface area contributed by atoms with E-state index in [1.807, 2.05) is 18.7 Å². The van der Waals surface area contributed by atoms with E-state index in [-0.39, 0.29) is 11.5 Å². The first-order valence-electron chi connectivity index (χ1n) is 10.9. The maximum Gasteiger partial charge on any atom is 0.262 e. The van der Waals surface area contributed by atoms with Crippen molar-refractivity contribution in [1.29, 1.82) is 0 Å². The summed E-state index contributed by atoms with van der Waals surface area (Å²) in [6.45, 7) is 10.8. The van der Waals surface area contributed by atoms with Gasteiger partial charge in [0.25, 0.3) is 5.56 Å². The van der Waals surface area contributed by atoms with Crippen molar-refractivity contribution in [2.75, 3.05) is 26.2 Å². The number of aryl methyl sites for hydroxylation is 3. The second kappa shape index (κ2) is 8.56. The van der Waals surface area contributed by atoms with E-state index < -0.39 is 0 Å². The van der Waals surface area contributed by atoms with Gasteiger partial charge in [0.1, 0.15) is 4.83 Å². The van der Waals surface area contributed by atoms with E-state index in [0.29, 0.717) is 24.4 Å². The van der Waals surface area contributed by atoms with Gasteiger partial charge >= 0.3 is 0 Å². The Hall–Kier alpha value is -1.73. The number of carbonyl (C=O) groups is 1. The first-order valence-corrected chi connectivity index (χ1v) is 11.7. The number of thiophene rings is 1. The molecule has 4 rings (SSSR count). The topological polar surface area (TPSA) is 58.4 Å². The summed E-state index contributed by atoms with van der Waals surface area (Å²) < 4.78 is 1.60. The van der Waals surface area contributed by atoms with Crippen LogP contribution in [0, 0.1) is 19.8 Å². The van der Waals surface area contributed by atoms with Crippen LogP contribution >= 0.6 is 11.3 Å². The van der Waals surface area contributed by atoms with Crippen LogP contribution in [0.5, 0.6) is 0 Å². The molecule has 0 N–H and O–H groups in total. The highest BCUT2D eigenvalue weighted by molar-refractivity contribution is 7.18. The summed E-state index contributed by atoms with van der Waals surface area (Å²) in [5, 5.41) is 0.708. The number of hydrogen-bond donors (Lipinski definition) is 0. The quantitative estimate of drug-likeness (QED) is 0.768. The van der Waals surface area contributed by atoms with E-state index in [4.69, 9.17) is 0 Å². The van der Waals surface area contributed by atoms with Crippen molar-refractivity contribution in [3.8, 4) is 0 Å². The van der Waals surface area contributed by atoms with Crippen molar-refractivity contribution in [1.82, 2.24) is 19.4 Å². The lowest BCUT2D eigenvalue weighted by Crippen LogP contribution is -2.49. The van der Waals surface area contributed by atoms with Gasteiger partial charge in [0.2, 0.25) is 5.91 Å². The van der Waals surface area contributed by atoms with Gasteiger partial charge in [-0.15, -0.1) is 11.3 Å². The summed E-state index contributed by atoms with van der Waals surface area (Å²) >= 11 is 1.56. The molecule has 0 saturated carbocycles. The van der Waals surface area contributed by atoms with E-state index >= 15 is 0 Å². The molecule has 0 unspecified atom stereocenters. The molecule has 1 amide bonds. The molecule has 4 heterocycles. The molecule has 2 aliphatic rings. The van der Waals surface area contributed by atoms with Crippen molar-refractivity contribution in [2.24, 2.45) is 5.92 Å². The van der Waals surface area contributed by atoms with Crippen LogP contribution in [0.25, 0.3) is 10.2 Å². The van der Waals surface area contributed by atoms with Crippen molar-refractivity contribution >= 4 is 27.5 Å². The lowest BCUT2D eigenvalue weighted by atomic mass is 9.95. The number of nitrogens with zero attached hydrogens (tertiary/aromatic N) is 4. The Morgan fingerprint density at radius 2 is 1.83 bits per heavy atom. The van der Waals surface area contributed by atoms with Crippen LogP contribution in [0.2, 0.25) is 0 Å². The normalized spacial score (nSPS) is 19.9. The molecular formula is C22H32N4O2S. The fourth-order valence-electron chi connectivity index (χ4n) is 4.68. The minimum absolute atomic E-state index is 0.0253. The molecule has 0 aliphatic carbocycles. The molecule has 2 saturated heterocycles. The standard InChI is InChI=1S/C22H32N4O2S/c1-15-4-9-24(10-5-15)18-6-11-25(12-7-18)19(27)8-13-26-14-23-21-20(22(26)28)16(2)17(3)29-21/h14-15,18H,4-13H2,1-3H3. The highest BCUT2D eigenvalue weighted by Gasteiger charge is 2.28. The molecule has 2 aromatic rings. The first kappa shape index (κ1) is 20.5. The summed E-state index contributed by atoms with van der Waals surface area (Å²) in [7, 11) is 0. The van der Waals surface area contributed by atoms with Gasteiger partial charge in [-0.05, 0) is 64.1 Å². The summed E-state index contributed by atoms with van der Waals surface area (Å²) in [6, 6.07) is 0.630. The molecule has 7 heteroatoms. The zero-order valence-electron chi connectivity index (χ0n) is 17.8. The summed E-state index contributed by atoms with van der Waals surface area (Å²) in [5.74, 6) is 1.01.